The van der Waals surface area contributed by atoms with E-state index in [2.05, 4.69) is 34.6 Å². The summed E-state index contributed by atoms with van der Waals surface area (Å²) in [6.07, 6.45) is 70.8. The number of phosphoric ester groups is 2. The van der Waals surface area contributed by atoms with Crippen LogP contribution in [0.4, 0.5) is 0 Å². The van der Waals surface area contributed by atoms with Gasteiger partial charge in [-0.25, -0.2) is 9.13 Å². The van der Waals surface area contributed by atoms with Crippen molar-refractivity contribution in [2.45, 2.75) is 477 Å². The molecule has 618 valence electrons. The minimum atomic E-state index is -4.96. The second-order valence-corrected chi connectivity index (χ2v) is 33.7. The Morgan fingerprint density at radius 3 is 0.683 bits per heavy atom. The Morgan fingerprint density at radius 1 is 0.269 bits per heavy atom. The van der Waals surface area contributed by atoms with E-state index in [4.69, 9.17) is 37.0 Å². The van der Waals surface area contributed by atoms with Crippen molar-refractivity contribution in [1.29, 1.82) is 0 Å². The monoisotopic (exact) mass is 1520 g/mol. The van der Waals surface area contributed by atoms with Gasteiger partial charge >= 0.3 is 39.5 Å². The minimum absolute atomic E-state index is 0.106. The Labute approximate surface area is 638 Å². The fourth-order valence-corrected chi connectivity index (χ4v) is 14.8. The normalized spacial score (nSPS) is 14.0. The summed E-state index contributed by atoms with van der Waals surface area (Å²) in [4.78, 5) is 73.2. The van der Waals surface area contributed by atoms with Gasteiger partial charge in [-0.1, -0.05) is 407 Å². The lowest BCUT2D eigenvalue weighted by Gasteiger charge is -2.21. The van der Waals surface area contributed by atoms with E-state index in [1.165, 1.54) is 283 Å². The van der Waals surface area contributed by atoms with Crippen molar-refractivity contribution in [3.05, 3.63) is 0 Å². The third kappa shape index (κ3) is 76.8. The number of esters is 4. The third-order valence-electron chi connectivity index (χ3n) is 20.4. The molecule has 0 rings (SSSR count). The van der Waals surface area contributed by atoms with E-state index in [0.29, 0.717) is 25.7 Å². The van der Waals surface area contributed by atoms with E-state index in [9.17, 15) is 43.2 Å². The van der Waals surface area contributed by atoms with Gasteiger partial charge < -0.3 is 33.8 Å². The molecule has 0 aliphatic rings. The molecule has 6 atom stereocenters. The Morgan fingerprint density at radius 2 is 0.462 bits per heavy atom. The highest BCUT2D eigenvalue weighted by molar-refractivity contribution is 7.47. The zero-order valence-corrected chi connectivity index (χ0v) is 70.0. The molecular weight excluding hydrogens is 1350 g/mol. The molecule has 3 N–H and O–H groups in total. The maximum atomic E-state index is 13.1. The summed E-state index contributed by atoms with van der Waals surface area (Å²) in [6, 6.07) is 0. The predicted molar refractivity (Wildman–Crippen MR) is 428 cm³/mol. The molecule has 0 radical (unpaired) electrons. The first-order valence-electron chi connectivity index (χ1n) is 44.2. The van der Waals surface area contributed by atoms with E-state index < -0.39 is 97.5 Å². The smallest absolute Gasteiger partial charge is 0.462 e. The lowest BCUT2D eigenvalue weighted by Crippen LogP contribution is -2.30. The van der Waals surface area contributed by atoms with Gasteiger partial charge in [0.05, 0.1) is 26.4 Å². The fourth-order valence-electron chi connectivity index (χ4n) is 13.3. The maximum absolute atomic E-state index is 13.1. The molecule has 0 bridgehead atoms. The van der Waals surface area contributed by atoms with Gasteiger partial charge in [-0.2, -0.15) is 0 Å². The van der Waals surface area contributed by atoms with Crippen LogP contribution in [0.1, 0.15) is 458 Å². The van der Waals surface area contributed by atoms with Gasteiger partial charge in [-0.15, -0.1) is 0 Å². The number of hydrogen-bond donors (Lipinski definition) is 3. The van der Waals surface area contributed by atoms with Gasteiger partial charge in [-0.3, -0.25) is 37.3 Å². The molecule has 104 heavy (non-hydrogen) atoms. The molecule has 0 saturated carbocycles. The molecule has 3 unspecified atom stereocenters. The van der Waals surface area contributed by atoms with Gasteiger partial charge in [0.25, 0.3) is 0 Å². The first kappa shape index (κ1) is 102. The molecule has 0 aliphatic carbocycles. The van der Waals surface area contributed by atoms with Gasteiger partial charge in [-0.05, 0) is 31.6 Å². The van der Waals surface area contributed by atoms with Crippen LogP contribution in [0, 0.1) is 5.92 Å². The quantitative estimate of drug-likeness (QED) is 0.0222. The molecule has 0 aromatic rings. The molecule has 0 heterocycles. The van der Waals surface area contributed by atoms with Crippen molar-refractivity contribution in [3.8, 4) is 0 Å². The summed E-state index contributed by atoms with van der Waals surface area (Å²) >= 11 is 0. The Kier molecular flexibility index (Phi) is 76.3. The van der Waals surface area contributed by atoms with E-state index in [-0.39, 0.29) is 25.7 Å². The standard InChI is InChI=1S/C85H166O17P2/c1-6-10-13-16-19-22-25-28-30-32-34-36-38-40-42-45-48-54-59-64-69-83(88)95-74-80(101-84(89)70-65-60-55-49-46-43-41-39-37-35-33-31-29-26-23-20-17-14-11-7-2)76-99-103(91,92)97-72-79(86)73-98-104(93,94)100-77-81(102-85(90)71-66-61-56-51-50-52-57-62-67-78(5)9-4)75-96-82(87)68-63-58-53-47-44-27-24-21-18-15-12-8-3/h78-81,86H,6-77H2,1-5H3,(H,91,92)(H,93,94)/t78?,79-,80-,81-/m1/s1. The van der Waals surface area contributed by atoms with Crippen LogP contribution < -0.4 is 0 Å². The molecule has 17 nitrogen and oxygen atoms in total. The lowest BCUT2D eigenvalue weighted by atomic mass is 9.99. The number of carbonyl (C=O) groups excluding carboxylic acids is 4. The summed E-state index contributed by atoms with van der Waals surface area (Å²) < 4.78 is 68.8. The molecule has 0 aromatic heterocycles. The summed E-state index contributed by atoms with van der Waals surface area (Å²) in [5.41, 5.74) is 0. The molecule has 19 heteroatoms. The SMILES string of the molecule is CCCCCCCCCCCCCCCCCCCCCCC(=O)OC[C@H](COP(=O)(O)OC[C@@H](O)COP(=O)(O)OC[C@@H](COC(=O)CCCCCCCCCCCCCC)OC(=O)CCCCCCCCCCC(C)CC)OC(=O)CCCCCCCCCCCCCCCCCCCCCC. The molecule has 0 aliphatic heterocycles. The van der Waals surface area contributed by atoms with E-state index in [1.807, 2.05) is 0 Å². The number of rotatable bonds is 85. The average Bonchev–Trinajstić information content (AvgIpc) is 0.945. The van der Waals surface area contributed by atoms with E-state index in [0.717, 1.165) is 95.8 Å². The van der Waals surface area contributed by atoms with Gasteiger partial charge in [0.2, 0.25) is 0 Å². The van der Waals surface area contributed by atoms with E-state index >= 15 is 0 Å². The van der Waals surface area contributed by atoms with Crippen LogP contribution in [0.15, 0.2) is 0 Å². The van der Waals surface area contributed by atoms with Crippen molar-refractivity contribution in [3.63, 3.8) is 0 Å². The topological polar surface area (TPSA) is 237 Å². The number of unbranched alkanes of at least 4 members (excludes halogenated alkanes) is 56. The molecule has 0 spiro atoms. The number of aliphatic hydroxyl groups excluding tert-OH is 1. The number of hydrogen-bond acceptors (Lipinski definition) is 15. The van der Waals surface area contributed by atoms with Crippen molar-refractivity contribution < 1.29 is 80.2 Å². The number of aliphatic hydroxyl groups is 1. The van der Waals surface area contributed by atoms with Crippen LogP contribution in [0.25, 0.3) is 0 Å². The number of carbonyl (C=O) groups is 4. The maximum Gasteiger partial charge on any atom is 0.472 e. The summed E-state index contributed by atoms with van der Waals surface area (Å²) in [7, 11) is -9.92. The van der Waals surface area contributed by atoms with Crippen LogP contribution in [0.3, 0.4) is 0 Å². The number of phosphoric acid groups is 2. The Balaban J connectivity index is 5.22. The Bertz CT molecular complexity index is 1980. The molecule has 0 aromatic carbocycles. The molecule has 0 amide bonds. The lowest BCUT2D eigenvalue weighted by molar-refractivity contribution is -0.161. The highest BCUT2D eigenvalue weighted by Gasteiger charge is 2.30. The predicted octanol–water partition coefficient (Wildman–Crippen LogP) is 26.0. The average molecular weight is 1520 g/mol. The van der Waals surface area contributed by atoms with Crippen LogP contribution in [-0.4, -0.2) is 96.7 Å². The Hall–Kier alpha value is -1.94. The van der Waals surface area contributed by atoms with Gasteiger partial charge in [0.15, 0.2) is 12.2 Å². The van der Waals surface area contributed by atoms with Crippen LogP contribution >= 0.6 is 15.6 Å². The van der Waals surface area contributed by atoms with Crippen molar-refractivity contribution >= 4 is 39.5 Å². The summed E-state index contributed by atoms with van der Waals surface area (Å²) in [6.45, 7) is 7.35. The highest BCUT2D eigenvalue weighted by atomic mass is 31.2. The second kappa shape index (κ2) is 77.8. The van der Waals surface area contributed by atoms with Crippen molar-refractivity contribution in [1.82, 2.24) is 0 Å². The molecular formula is C85H166O17P2. The first-order chi connectivity index (χ1) is 50.6. The zero-order chi connectivity index (χ0) is 76.2. The van der Waals surface area contributed by atoms with Crippen molar-refractivity contribution in [2.75, 3.05) is 39.6 Å². The number of ether oxygens (including phenoxy) is 4. The second-order valence-electron chi connectivity index (χ2n) is 30.8. The van der Waals surface area contributed by atoms with Crippen LogP contribution in [0.2, 0.25) is 0 Å². The minimum Gasteiger partial charge on any atom is -0.462 e. The third-order valence-corrected chi connectivity index (χ3v) is 22.3. The summed E-state index contributed by atoms with van der Waals surface area (Å²) in [5, 5.41) is 10.7. The van der Waals surface area contributed by atoms with Gasteiger partial charge in [0, 0.05) is 25.7 Å². The van der Waals surface area contributed by atoms with Gasteiger partial charge in [0.1, 0.15) is 19.3 Å². The zero-order valence-electron chi connectivity index (χ0n) is 68.2. The van der Waals surface area contributed by atoms with Crippen LogP contribution in [0.5, 0.6) is 0 Å². The summed E-state index contributed by atoms with van der Waals surface area (Å²) in [5.74, 6) is -1.33. The van der Waals surface area contributed by atoms with Crippen LogP contribution in [-0.2, 0) is 65.4 Å². The molecule has 0 saturated heterocycles. The van der Waals surface area contributed by atoms with Crippen molar-refractivity contribution in [2.24, 2.45) is 5.92 Å². The highest BCUT2D eigenvalue weighted by Crippen LogP contribution is 2.45. The first-order valence-corrected chi connectivity index (χ1v) is 47.2. The largest absolute Gasteiger partial charge is 0.472 e. The van der Waals surface area contributed by atoms with E-state index in [1.54, 1.807) is 0 Å². The fraction of sp³-hybridized carbons (Fsp3) is 0.953. The molecule has 0 fully saturated rings.